The van der Waals surface area contributed by atoms with E-state index in [2.05, 4.69) is 0 Å². The van der Waals surface area contributed by atoms with Crippen molar-refractivity contribution in [3.05, 3.63) is 24.3 Å². The highest BCUT2D eigenvalue weighted by molar-refractivity contribution is 7.86. The first-order chi connectivity index (χ1) is 5.56. The second-order valence-corrected chi connectivity index (χ2v) is 4.79. The van der Waals surface area contributed by atoms with Gasteiger partial charge < -0.3 is 0 Å². The van der Waals surface area contributed by atoms with Crippen molar-refractivity contribution in [2.75, 3.05) is 6.26 Å². The van der Waals surface area contributed by atoms with Crippen LogP contribution in [-0.4, -0.2) is 20.8 Å². The maximum atomic E-state index is 10.8. The van der Waals surface area contributed by atoms with Gasteiger partial charge in [0, 0.05) is 11.8 Å². The van der Waals surface area contributed by atoms with Gasteiger partial charge in [-0.05, 0) is 0 Å². The Morgan fingerprint density at radius 1 is 1.08 bits per heavy atom. The number of rotatable bonds is 2. The molecule has 0 spiro atoms. The molecular weight excluding hydrogens is 176 g/mol. The Balaban J connectivity index is 2.11. The third-order valence-corrected chi connectivity index (χ3v) is 2.73. The third-order valence-electron chi connectivity index (χ3n) is 2.16. The molecule has 0 atom stereocenters. The molecule has 0 unspecified atom stereocenters. The van der Waals surface area contributed by atoms with Gasteiger partial charge in [0.15, 0.2) is 0 Å². The van der Waals surface area contributed by atoms with Crippen LogP contribution in [0.2, 0.25) is 0 Å². The largest absolute Gasteiger partial charge is 0.265 e. The van der Waals surface area contributed by atoms with Crippen molar-refractivity contribution in [2.45, 2.75) is 6.10 Å². The van der Waals surface area contributed by atoms with Gasteiger partial charge in [-0.1, -0.05) is 24.3 Å². The molecule has 0 aliphatic heterocycles. The minimum Gasteiger partial charge on any atom is -0.265 e. The lowest BCUT2D eigenvalue weighted by molar-refractivity contribution is 0.182. The van der Waals surface area contributed by atoms with Crippen molar-refractivity contribution in [3.63, 3.8) is 0 Å². The van der Waals surface area contributed by atoms with Gasteiger partial charge in [-0.25, -0.2) is 0 Å². The Morgan fingerprint density at radius 3 is 1.83 bits per heavy atom. The van der Waals surface area contributed by atoms with Crippen LogP contribution in [-0.2, 0) is 14.3 Å². The molecule has 0 aromatic heterocycles. The smallest absolute Gasteiger partial charge is 0.264 e. The maximum Gasteiger partial charge on any atom is 0.264 e. The second kappa shape index (κ2) is 2.44. The third kappa shape index (κ3) is 1.32. The summed E-state index contributed by atoms with van der Waals surface area (Å²) in [6, 6.07) is 0. The van der Waals surface area contributed by atoms with Crippen molar-refractivity contribution >= 4 is 10.1 Å². The highest BCUT2D eigenvalue weighted by Crippen LogP contribution is 2.35. The van der Waals surface area contributed by atoms with Gasteiger partial charge in [0.2, 0.25) is 0 Å². The molecule has 0 saturated carbocycles. The molecule has 12 heavy (non-hydrogen) atoms. The summed E-state index contributed by atoms with van der Waals surface area (Å²) >= 11 is 0. The van der Waals surface area contributed by atoms with Gasteiger partial charge in [0.25, 0.3) is 10.1 Å². The molecule has 0 fully saturated rings. The van der Waals surface area contributed by atoms with Crippen molar-refractivity contribution in [1.29, 1.82) is 0 Å². The van der Waals surface area contributed by atoms with Crippen molar-refractivity contribution < 1.29 is 12.6 Å². The molecule has 0 heterocycles. The zero-order valence-corrected chi connectivity index (χ0v) is 7.49. The van der Waals surface area contributed by atoms with E-state index in [0.717, 1.165) is 6.26 Å². The van der Waals surface area contributed by atoms with E-state index in [1.165, 1.54) is 0 Å². The Hall–Kier alpha value is -0.610. The van der Waals surface area contributed by atoms with Gasteiger partial charge in [0.05, 0.1) is 12.4 Å². The lowest BCUT2D eigenvalue weighted by atomic mass is 10.1. The molecule has 2 rings (SSSR count). The molecule has 4 heteroatoms. The molecular formula is C8H10O3S. The minimum absolute atomic E-state index is 0.157. The average molecular weight is 186 g/mol. The van der Waals surface area contributed by atoms with Crippen LogP contribution in [0.1, 0.15) is 0 Å². The van der Waals surface area contributed by atoms with Crippen LogP contribution in [0.3, 0.4) is 0 Å². The monoisotopic (exact) mass is 186 g/mol. The van der Waals surface area contributed by atoms with Gasteiger partial charge in [-0.15, -0.1) is 0 Å². The van der Waals surface area contributed by atoms with Crippen LogP contribution in [0.15, 0.2) is 24.3 Å². The molecule has 0 aromatic rings. The first kappa shape index (κ1) is 8.01. The van der Waals surface area contributed by atoms with E-state index in [-0.39, 0.29) is 17.9 Å². The van der Waals surface area contributed by atoms with Crippen molar-refractivity contribution in [1.82, 2.24) is 0 Å². The van der Waals surface area contributed by atoms with Crippen LogP contribution < -0.4 is 0 Å². The Bertz CT molecular complexity index is 309. The molecule has 3 nitrogen and oxygen atoms in total. The summed E-state index contributed by atoms with van der Waals surface area (Å²) in [4.78, 5) is 0. The van der Waals surface area contributed by atoms with Crippen LogP contribution in [0.4, 0.5) is 0 Å². The molecule has 2 bridgehead atoms. The van der Waals surface area contributed by atoms with Crippen molar-refractivity contribution in [3.8, 4) is 0 Å². The van der Waals surface area contributed by atoms with Crippen LogP contribution in [0.5, 0.6) is 0 Å². The number of fused-ring (bicyclic) bond motifs is 2. The fraction of sp³-hybridized carbons (Fsp3) is 0.500. The Labute approximate surface area is 71.9 Å². The normalized spacial score (nSPS) is 37.9. The predicted molar refractivity (Wildman–Crippen MR) is 45.0 cm³/mol. The summed E-state index contributed by atoms with van der Waals surface area (Å²) in [5.74, 6) is 0.314. The van der Waals surface area contributed by atoms with E-state index >= 15 is 0 Å². The molecule has 0 radical (unpaired) electrons. The van der Waals surface area contributed by atoms with Gasteiger partial charge in [-0.2, -0.15) is 8.42 Å². The average Bonchev–Trinajstić information content (AvgIpc) is 2.46. The Kier molecular flexibility index (Phi) is 1.63. The second-order valence-electron chi connectivity index (χ2n) is 3.19. The van der Waals surface area contributed by atoms with E-state index in [4.69, 9.17) is 4.18 Å². The summed E-state index contributed by atoms with van der Waals surface area (Å²) in [5.41, 5.74) is 0. The van der Waals surface area contributed by atoms with Gasteiger partial charge in [-0.3, -0.25) is 4.18 Å². The quantitative estimate of drug-likeness (QED) is 0.471. The van der Waals surface area contributed by atoms with Crippen LogP contribution in [0.25, 0.3) is 0 Å². The van der Waals surface area contributed by atoms with E-state index in [1.54, 1.807) is 0 Å². The SMILES string of the molecule is CS(=O)(=O)OC1C2C=CC1C=C2. The summed E-state index contributed by atoms with van der Waals surface area (Å²) in [6.45, 7) is 0. The van der Waals surface area contributed by atoms with Gasteiger partial charge >= 0.3 is 0 Å². The highest BCUT2D eigenvalue weighted by Gasteiger charge is 2.36. The highest BCUT2D eigenvalue weighted by atomic mass is 32.2. The van der Waals surface area contributed by atoms with Crippen molar-refractivity contribution in [2.24, 2.45) is 11.8 Å². The first-order valence-corrected chi connectivity index (χ1v) is 5.63. The molecule has 0 N–H and O–H groups in total. The molecule has 2 aliphatic carbocycles. The fourth-order valence-corrected chi connectivity index (χ4v) is 2.33. The lowest BCUT2D eigenvalue weighted by Crippen LogP contribution is -2.23. The standard InChI is InChI=1S/C8H10O3S/c1-12(9,10)11-8-6-2-3-7(8)5-4-6/h2-8H,1H3. The van der Waals surface area contributed by atoms with E-state index in [0.29, 0.717) is 0 Å². The molecule has 0 aromatic carbocycles. The number of hydrogen-bond acceptors (Lipinski definition) is 3. The molecule has 66 valence electrons. The zero-order valence-electron chi connectivity index (χ0n) is 6.67. The topological polar surface area (TPSA) is 43.4 Å². The van der Waals surface area contributed by atoms with Crippen LogP contribution >= 0.6 is 0 Å². The molecule has 0 saturated heterocycles. The zero-order chi connectivity index (χ0) is 8.77. The van der Waals surface area contributed by atoms with E-state index < -0.39 is 10.1 Å². The van der Waals surface area contributed by atoms with E-state index in [1.807, 2.05) is 24.3 Å². The fourth-order valence-electron chi connectivity index (χ4n) is 1.67. The minimum atomic E-state index is -3.31. The first-order valence-electron chi connectivity index (χ1n) is 3.81. The van der Waals surface area contributed by atoms with Gasteiger partial charge in [0.1, 0.15) is 0 Å². The lowest BCUT2D eigenvalue weighted by Gasteiger charge is -2.14. The number of hydrogen-bond donors (Lipinski definition) is 0. The Morgan fingerprint density at radius 2 is 1.50 bits per heavy atom. The van der Waals surface area contributed by atoms with Crippen LogP contribution in [0, 0.1) is 11.8 Å². The summed E-state index contributed by atoms with van der Waals surface area (Å²) in [6.07, 6.45) is 8.83. The molecule has 2 aliphatic rings. The predicted octanol–water partition coefficient (Wildman–Crippen LogP) is 0.703. The summed E-state index contributed by atoms with van der Waals surface area (Å²) in [5, 5.41) is 0. The summed E-state index contributed by atoms with van der Waals surface area (Å²) < 4.78 is 26.6. The molecule has 0 amide bonds. The summed E-state index contributed by atoms with van der Waals surface area (Å²) in [7, 11) is -3.31. The van der Waals surface area contributed by atoms with E-state index in [9.17, 15) is 8.42 Å². The maximum absolute atomic E-state index is 10.8.